The van der Waals surface area contributed by atoms with Crippen LogP contribution in [0.2, 0.25) is 5.02 Å². The van der Waals surface area contributed by atoms with Gasteiger partial charge < -0.3 is 34.1 Å². The number of carbonyl (C=O) groups is 4. The summed E-state index contributed by atoms with van der Waals surface area (Å²) in [5.41, 5.74) is 3.11. The van der Waals surface area contributed by atoms with Crippen molar-refractivity contribution < 1.29 is 48.0 Å². The topological polar surface area (TPSA) is 150 Å². The molecule has 3 atom stereocenters. The number of aliphatic hydroxyl groups excluding tert-OH is 1. The van der Waals surface area contributed by atoms with E-state index in [0.717, 1.165) is 10.5 Å². The smallest absolute Gasteiger partial charge is 0.337 e. The van der Waals surface area contributed by atoms with E-state index in [2.05, 4.69) is 5.32 Å². The normalized spacial score (nSPS) is 18.4. The number of nitrogens with zero attached hydrogens (tertiary/aromatic N) is 1. The lowest BCUT2D eigenvalue weighted by atomic mass is 9.81. The lowest BCUT2D eigenvalue weighted by Crippen LogP contribution is -2.38. The number of methoxy groups -OCH3 is 1. The van der Waals surface area contributed by atoms with Crippen molar-refractivity contribution in [1.29, 1.82) is 0 Å². The molecule has 0 bridgehead atoms. The van der Waals surface area contributed by atoms with Crippen molar-refractivity contribution in [1.82, 2.24) is 0 Å². The zero-order chi connectivity index (χ0) is 35.8. The number of allylic oxidation sites excluding steroid dienone is 1. The first kappa shape index (κ1) is 36.7. The van der Waals surface area contributed by atoms with Crippen molar-refractivity contribution in [3.8, 4) is 0 Å². The lowest BCUT2D eigenvalue weighted by Gasteiger charge is -2.37. The van der Waals surface area contributed by atoms with Gasteiger partial charge in [-0.1, -0.05) is 23.7 Å². The van der Waals surface area contributed by atoms with Crippen LogP contribution in [0.3, 0.4) is 0 Å². The predicted octanol–water partition coefficient (Wildman–Crippen LogP) is 5.27. The van der Waals surface area contributed by atoms with Gasteiger partial charge >= 0.3 is 5.97 Å². The number of fused-ring (bicyclic) bond motifs is 1. The lowest BCUT2D eigenvalue weighted by molar-refractivity contribution is -0.166. The molecule has 2 aliphatic heterocycles. The fourth-order valence-corrected chi connectivity index (χ4v) is 6.16. The third-order valence-corrected chi connectivity index (χ3v) is 8.64. The highest BCUT2D eigenvalue weighted by atomic mass is 35.5. The number of benzene rings is 3. The number of nitrogens with one attached hydrogen (secondary N) is 1. The second-order valence-electron chi connectivity index (χ2n) is 11.6. The van der Waals surface area contributed by atoms with E-state index in [-0.39, 0.29) is 41.9 Å². The largest absolute Gasteiger partial charge is 0.465 e. The number of esters is 1. The summed E-state index contributed by atoms with van der Waals surface area (Å²) >= 11 is 6.07. The Labute approximate surface area is 294 Å². The summed E-state index contributed by atoms with van der Waals surface area (Å²) in [7, 11) is 1.32. The van der Waals surface area contributed by atoms with Crippen molar-refractivity contribution >= 4 is 46.7 Å². The molecule has 12 nitrogen and oxygen atoms in total. The monoisotopic (exact) mass is 706 g/mol. The highest BCUT2D eigenvalue weighted by Gasteiger charge is 2.39. The van der Waals surface area contributed by atoms with E-state index >= 15 is 0 Å². The summed E-state index contributed by atoms with van der Waals surface area (Å²) in [5.74, 6) is -2.49. The third kappa shape index (κ3) is 8.23. The quantitative estimate of drug-likeness (QED) is 0.122. The number of aryl methyl sites for hydroxylation is 1. The fraction of sp³-hybridized carbons (Fsp3) is 0.351. The molecule has 2 aliphatic rings. The maximum atomic E-state index is 13.7. The van der Waals surface area contributed by atoms with Crippen molar-refractivity contribution in [3.63, 3.8) is 0 Å². The van der Waals surface area contributed by atoms with E-state index in [1.165, 1.54) is 19.2 Å². The van der Waals surface area contributed by atoms with E-state index in [0.29, 0.717) is 60.4 Å². The number of ether oxygens (including phenoxy) is 5. The highest BCUT2D eigenvalue weighted by Crippen LogP contribution is 2.39. The molecule has 0 aromatic heterocycles. The zero-order valence-corrected chi connectivity index (χ0v) is 28.7. The Hall–Kier alpha value is -4.59. The van der Waals surface area contributed by atoms with Crippen LogP contribution in [0.15, 0.2) is 72.5 Å². The van der Waals surface area contributed by atoms with Gasteiger partial charge in [0.1, 0.15) is 0 Å². The third-order valence-electron chi connectivity index (χ3n) is 8.40. The number of rotatable bonds is 15. The van der Waals surface area contributed by atoms with Crippen molar-refractivity contribution in [2.45, 2.75) is 32.5 Å². The molecule has 0 aliphatic carbocycles. The van der Waals surface area contributed by atoms with Crippen LogP contribution >= 0.6 is 11.6 Å². The molecule has 0 saturated heterocycles. The Bertz CT molecular complexity index is 1760. The summed E-state index contributed by atoms with van der Waals surface area (Å²) < 4.78 is 28.1. The molecular formula is C37H39ClN2O10. The van der Waals surface area contributed by atoms with Crippen LogP contribution in [-0.2, 0) is 28.5 Å². The maximum Gasteiger partial charge on any atom is 0.337 e. The van der Waals surface area contributed by atoms with Gasteiger partial charge in [-0.3, -0.25) is 14.4 Å². The Morgan fingerprint density at radius 1 is 0.940 bits per heavy atom. The van der Waals surface area contributed by atoms with Crippen LogP contribution in [0.4, 0.5) is 11.4 Å². The molecule has 3 aromatic rings. The van der Waals surface area contributed by atoms with Gasteiger partial charge in [0.2, 0.25) is 6.29 Å². The van der Waals surface area contributed by atoms with Crippen molar-refractivity contribution in [2.75, 3.05) is 57.0 Å². The van der Waals surface area contributed by atoms with E-state index < -0.39 is 30.0 Å². The van der Waals surface area contributed by atoms with Crippen LogP contribution in [0, 0.1) is 12.8 Å². The van der Waals surface area contributed by atoms with Gasteiger partial charge in [0.05, 0.1) is 55.9 Å². The molecule has 3 aromatic carbocycles. The van der Waals surface area contributed by atoms with Crippen LogP contribution in [0.5, 0.6) is 0 Å². The summed E-state index contributed by atoms with van der Waals surface area (Å²) in [6.07, 6.45) is 1.46. The molecule has 5 rings (SSSR count). The first-order valence-corrected chi connectivity index (χ1v) is 16.6. The van der Waals surface area contributed by atoms with E-state index in [4.69, 9.17) is 40.4 Å². The minimum Gasteiger partial charge on any atom is -0.465 e. The van der Waals surface area contributed by atoms with Crippen LogP contribution in [-0.4, -0.2) is 81.8 Å². The molecule has 3 amide bonds. The van der Waals surface area contributed by atoms with Crippen LogP contribution in [0.25, 0.3) is 0 Å². The first-order chi connectivity index (χ1) is 24.2. The summed E-state index contributed by atoms with van der Waals surface area (Å²) in [6.45, 7) is 5.11. The standard InChI is InChI=1S/C37H39ClN2O10/c1-4-49-37-28(13-15-47-17-18-48-16-14-41)29(23-5-7-24(8-6-23)36(45)46-3)21-32(50-37)33(42)39-26-10-12-31(22(2)19-26)40-34(43)27-11-9-25(38)20-30(27)35(40)44/h5-12,19-21,28-29,37,41H,4,13-18H2,1-3H3,(H,39,42)/t28-,29+,37+/m0/s1. The molecule has 0 fully saturated rings. The van der Waals surface area contributed by atoms with Crippen molar-refractivity contribution in [2.24, 2.45) is 5.92 Å². The van der Waals surface area contributed by atoms with E-state index in [1.807, 2.05) is 19.1 Å². The number of carbonyl (C=O) groups excluding carboxylic acids is 4. The number of aliphatic hydroxyl groups is 1. The molecule has 0 spiro atoms. The fourth-order valence-electron chi connectivity index (χ4n) is 5.99. The molecule has 2 heterocycles. The van der Waals surface area contributed by atoms with Gasteiger partial charge in [0.25, 0.3) is 17.7 Å². The Morgan fingerprint density at radius 2 is 1.66 bits per heavy atom. The summed E-state index contributed by atoms with van der Waals surface area (Å²) in [4.78, 5) is 53.1. The minimum atomic E-state index is -0.795. The summed E-state index contributed by atoms with van der Waals surface area (Å²) in [6, 6.07) is 16.4. The molecule has 13 heteroatoms. The Kier molecular flexibility index (Phi) is 12.4. The average molecular weight is 707 g/mol. The predicted molar refractivity (Wildman–Crippen MR) is 184 cm³/mol. The van der Waals surface area contributed by atoms with Crippen LogP contribution in [0.1, 0.15) is 61.5 Å². The first-order valence-electron chi connectivity index (χ1n) is 16.2. The van der Waals surface area contributed by atoms with Crippen LogP contribution < -0.4 is 10.2 Å². The number of anilines is 2. The highest BCUT2D eigenvalue weighted by molar-refractivity contribution is 6.37. The van der Waals surface area contributed by atoms with Gasteiger partial charge in [0.15, 0.2) is 5.76 Å². The van der Waals surface area contributed by atoms with Gasteiger partial charge in [0, 0.05) is 35.8 Å². The van der Waals surface area contributed by atoms with E-state index in [9.17, 15) is 19.2 Å². The number of amides is 3. The Morgan fingerprint density at radius 3 is 2.34 bits per heavy atom. The number of hydrogen-bond acceptors (Lipinski definition) is 10. The molecule has 264 valence electrons. The number of halogens is 1. The zero-order valence-electron chi connectivity index (χ0n) is 28.0. The molecule has 0 saturated carbocycles. The maximum absolute atomic E-state index is 13.7. The molecule has 2 N–H and O–H groups in total. The summed E-state index contributed by atoms with van der Waals surface area (Å²) in [5, 5.41) is 12.1. The van der Waals surface area contributed by atoms with Gasteiger partial charge in [-0.15, -0.1) is 0 Å². The average Bonchev–Trinajstić information content (AvgIpc) is 3.35. The van der Waals surface area contributed by atoms with E-state index in [1.54, 1.807) is 49.4 Å². The SMILES string of the molecule is CCO[C@@H]1OC(C(=O)Nc2ccc(N3C(=O)c4ccc(Cl)cc4C3=O)c(C)c2)=C[C@H](c2ccc(C(=O)OC)cc2)[C@@H]1CCOCCOCCO. The second kappa shape index (κ2) is 16.9. The van der Waals surface area contributed by atoms with Gasteiger partial charge in [-0.25, -0.2) is 9.69 Å². The number of hydrogen-bond donors (Lipinski definition) is 2. The van der Waals surface area contributed by atoms with Crippen molar-refractivity contribution in [3.05, 3.63) is 105 Å². The molecular weight excluding hydrogens is 668 g/mol. The molecule has 0 radical (unpaired) electrons. The number of imide groups is 1. The Balaban J connectivity index is 1.36. The molecule has 50 heavy (non-hydrogen) atoms. The van der Waals surface area contributed by atoms with Gasteiger partial charge in [-0.2, -0.15) is 0 Å². The molecule has 0 unspecified atom stereocenters. The van der Waals surface area contributed by atoms with Gasteiger partial charge in [-0.05, 0) is 86.0 Å². The minimum absolute atomic E-state index is 0.0408. The second-order valence-corrected chi connectivity index (χ2v) is 12.0.